The Labute approximate surface area is 102 Å². The predicted octanol–water partition coefficient (Wildman–Crippen LogP) is 1.77. The molecular formula is C12H20N4O. The number of likely N-dealkylation sites (tertiary alicyclic amines) is 1. The number of hydrogen-bond acceptors (Lipinski definition) is 3. The van der Waals surface area contributed by atoms with Crippen molar-refractivity contribution in [2.24, 2.45) is 0 Å². The molecule has 1 N–H and O–H groups in total. The summed E-state index contributed by atoms with van der Waals surface area (Å²) in [6, 6.07) is 0. The lowest BCUT2D eigenvalue weighted by atomic mass is 10.0. The molecule has 1 amide bonds. The fraction of sp³-hybridized carbons (Fsp3) is 0.750. The molecule has 1 aromatic heterocycles. The van der Waals surface area contributed by atoms with Crippen molar-refractivity contribution in [1.82, 2.24) is 20.1 Å². The number of rotatable bonds is 3. The van der Waals surface area contributed by atoms with Crippen molar-refractivity contribution >= 4 is 5.91 Å². The second-order valence-corrected chi connectivity index (χ2v) is 5.23. The molecule has 1 aromatic rings. The number of carbonyl (C=O) groups is 1. The number of nitrogens with one attached hydrogen (secondary N) is 1. The van der Waals surface area contributed by atoms with Crippen LogP contribution in [0.2, 0.25) is 0 Å². The summed E-state index contributed by atoms with van der Waals surface area (Å²) >= 11 is 0. The standard InChI is InChI=1S/C12H20N4O/c1-4-6-9-13-10(15-14-9)11(17)16-8-5-7-12(16,2)3/h4-8H2,1-3H3,(H,13,14,15). The summed E-state index contributed by atoms with van der Waals surface area (Å²) in [5.74, 6) is 1.06. The van der Waals surface area contributed by atoms with Gasteiger partial charge in [0.25, 0.3) is 5.91 Å². The Morgan fingerprint density at radius 2 is 2.29 bits per heavy atom. The summed E-state index contributed by atoms with van der Waals surface area (Å²) in [6.45, 7) is 7.08. The molecule has 5 heteroatoms. The lowest BCUT2D eigenvalue weighted by Gasteiger charge is -2.30. The van der Waals surface area contributed by atoms with E-state index in [1.54, 1.807) is 0 Å². The largest absolute Gasteiger partial charge is 0.331 e. The highest BCUT2D eigenvalue weighted by Crippen LogP contribution is 2.29. The van der Waals surface area contributed by atoms with Crippen molar-refractivity contribution in [3.05, 3.63) is 11.6 Å². The number of carbonyl (C=O) groups excluding carboxylic acids is 1. The Morgan fingerprint density at radius 3 is 2.88 bits per heavy atom. The maximum absolute atomic E-state index is 12.3. The van der Waals surface area contributed by atoms with Crippen molar-refractivity contribution in [3.8, 4) is 0 Å². The molecule has 0 aromatic carbocycles. The highest BCUT2D eigenvalue weighted by atomic mass is 16.2. The summed E-state index contributed by atoms with van der Waals surface area (Å²) in [7, 11) is 0. The van der Waals surface area contributed by atoms with Gasteiger partial charge >= 0.3 is 0 Å². The van der Waals surface area contributed by atoms with Crippen molar-refractivity contribution in [2.75, 3.05) is 6.54 Å². The topological polar surface area (TPSA) is 61.9 Å². The van der Waals surface area contributed by atoms with Crippen LogP contribution in [0.4, 0.5) is 0 Å². The van der Waals surface area contributed by atoms with Crippen LogP contribution in [0.15, 0.2) is 0 Å². The normalized spacial score (nSPS) is 18.6. The number of H-pyrrole nitrogens is 1. The minimum atomic E-state index is -0.0668. The van der Waals surface area contributed by atoms with Crippen LogP contribution in [0, 0.1) is 0 Å². The van der Waals surface area contributed by atoms with Crippen molar-refractivity contribution in [2.45, 2.75) is 52.0 Å². The minimum Gasteiger partial charge on any atom is -0.331 e. The van der Waals surface area contributed by atoms with E-state index in [1.807, 2.05) is 4.90 Å². The maximum Gasteiger partial charge on any atom is 0.293 e. The molecule has 0 spiro atoms. The van der Waals surface area contributed by atoms with Crippen LogP contribution >= 0.6 is 0 Å². The van der Waals surface area contributed by atoms with Gasteiger partial charge in [-0.3, -0.25) is 9.89 Å². The molecule has 1 aliphatic rings. The molecule has 5 nitrogen and oxygen atoms in total. The Balaban J connectivity index is 2.13. The van der Waals surface area contributed by atoms with Gasteiger partial charge in [-0.25, -0.2) is 4.98 Å². The summed E-state index contributed by atoms with van der Waals surface area (Å²) in [5.41, 5.74) is -0.0668. The van der Waals surface area contributed by atoms with Gasteiger partial charge in [-0.15, -0.1) is 5.10 Å². The SMILES string of the molecule is CCCc1nc(C(=O)N2CCCC2(C)C)n[nH]1. The zero-order valence-corrected chi connectivity index (χ0v) is 10.8. The fourth-order valence-corrected chi connectivity index (χ4v) is 2.34. The van der Waals surface area contributed by atoms with Gasteiger partial charge in [0.2, 0.25) is 5.82 Å². The van der Waals surface area contributed by atoms with Crippen molar-refractivity contribution in [1.29, 1.82) is 0 Å². The van der Waals surface area contributed by atoms with Crippen LogP contribution in [-0.2, 0) is 6.42 Å². The van der Waals surface area contributed by atoms with Crippen LogP contribution in [0.25, 0.3) is 0 Å². The number of aromatic nitrogens is 3. The summed E-state index contributed by atoms with van der Waals surface area (Å²) in [5, 5.41) is 6.85. The second-order valence-electron chi connectivity index (χ2n) is 5.23. The fourth-order valence-electron chi connectivity index (χ4n) is 2.34. The van der Waals surface area contributed by atoms with E-state index in [4.69, 9.17) is 0 Å². The molecule has 0 radical (unpaired) electrons. The summed E-state index contributed by atoms with van der Waals surface area (Å²) in [6.07, 6.45) is 3.94. The lowest BCUT2D eigenvalue weighted by molar-refractivity contribution is 0.0639. The van der Waals surface area contributed by atoms with Gasteiger partial charge in [-0.2, -0.15) is 0 Å². The van der Waals surface area contributed by atoms with Crippen molar-refractivity contribution < 1.29 is 4.79 Å². The Kier molecular flexibility index (Phi) is 3.17. The van der Waals surface area contributed by atoms with Gasteiger partial charge in [0.1, 0.15) is 5.82 Å². The second kappa shape index (κ2) is 4.47. The van der Waals surface area contributed by atoms with Crippen molar-refractivity contribution in [3.63, 3.8) is 0 Å². The van der Waals surface area contributed by atoms with Crippen LogP contribution < -0.4 is 0 Å². The number of nitrogens with zero attached hydrogens (tertiary/aromatic N) is 3. The van der Waals surface area contributed by atoms with E-state index in [-0.39, 0.29) is 11.4 Å². The smallest absolute Gasteiger partial charge is 0.293 e. The van der Waals surface area contributed by atoms with E-state index < -0.39 is 0 Å². The quantitative estimate of drug-likeness (QED) is 0.870. The molecule has 94 valence electrons. The highest BCUT2D eigenvalue weighted by Gasteiger charge is 2.37. The molecule has 2 rings (SSSR count). The number of hydrogen-bond donors (Lipinski definition) is 1. The average Bonchev–Trinajstić information content (AvgIpc) is 2.84. The Hall–Kier alpha value is -1.39. The molecular weight excluding hydrogens is 216 g/mol. The van der Waals surface area contributed by atoms with E-state index in [0.29, 0.717) is 5.82 Å². The van der Waals surface area contributed by atoms with Gasteiger partial charge in [-0.1, -0.05) is 6.92 Å². The monoisotopic (exact) mass is 236 g/mol. The molecule has 0 atom stereocenters. The van der Waals surface area contributed by atoms with Gasteiger partial charge in [-0.05, 0) is 33.1 Å². The van der Waals surface area contributed by atoms with E-state index in [1.165, 1.54) is 0 Å². The van der Waals surface area contributed by atoms with Gasteiger partial charge in [0, 0.05) is 18.5 Å². The van der Waals surface area contributed by atoms with Crippen LogP contribution in [0.3, 0.4) is 0 Å². The van der Waals surface area contributed by atoms with Gasteiger partial charge in [0.15, 0.2) is 0 Å². The third-order valence-corrected chi connectivity index (χ3v) is 3.36. The zero-order valence-electron chi connectivity index (χ0n) is 10.8. The highest BCUT2D eigenvalue weighted by molar-refractivity contribution is 5.91. The number of aryl methyl sites for hydroxylation is 1. The van der Waals surface area contributed by atoms with E-state index >= 15 is 0 Å². The number of aromatic amines is 1. The average molecular weight is 236 g/mol. The van der Waals surface area contributed by atoms with Crippen LogP contribution in [-0.4, -0.2) is 38.1 Å². The molecule has 17 heavy (non-hydrogen) atoms. The summed E-state index contributed by atoms with van der Waals surface area (Å²) in [4.78, 5) is 18.4. The molecule has 0 aliphatic carbocycles. The molecule has 0 unspecified atom stereocenters. The van der Waals surface area contributed by atoms with E-state index in [2.05, 4.69) is 36.0 Å². The zero-order chi connectivity index (χ0) is 12.5. The predicted molar refractivity (Wildman–Crippen MR) is 64.7 cm³/mol. The Morgan fingerprint density at radius 1 is 1.53 bits per heavy atom. The van der Waals surface area contributed by atoms with E-state index in [9.17, 15) is 4.79 Å². The molecule has 2 heterocycles. The third kappa shape index (κ3) is 2.33. The maximum atomic E-state index is 12.3. The molecule has 0 saturated carbocycles. The van der Waals surface area contributed by atoms with Gasteiger partial charge < -0.3 is 4.90 Å². The first kappa shape index (κ1) is 12.1. The first-order chi connectivity index (χ1) is 8.04. The van der Waals surface area contributed by atoms with Gasteiger partial charge in [0.05, 0.1) is 0 Å². The van der Waals surface area contributed by atoms with Crippen LogP contribution in [0.1, 0.15) is 56.5 Å². The molecule has 1 fully saturated rings. The molecule has 1 saturated heterocycles. The first-order valence-corrected chi connectivity index (χ1v) is 6.28. The summed E-state index contributed by atoms with van der Waals surface area (Å²) < 4.78 is 0. The minimum absolute atomic E-state index is 0.0499. The molecule has 1 aliphatic heterocycles. The molecule has 0 bridgehead atoms. The first-order valence-electron chi connectivity index (χ1n) is 6.28. The number of amides is 1. The Bertz CT molecular complexity index is 410. The lowest BCUT2D eigenvalue weighted by Crippen LogP contribution is -2.43. The van der Waals surface area contributed by atoms with E-state index in [0.717, 1.165) is 38.1 Å². The van der Waals surface area contributed by atoms with Crippen LogP contribution in [0.5, 0.6) is 0 Å². The third-order valence-electron chi connectivity index (χ3n) is 3.36.